The van der Waals surface area contributed by atoms with Gasteiger partial charge < -0.3 is 5.32 Å². The van der Waals surface area contributed by atoms with Crippen molar-refractivity contribution < 1.29 is 4.79 Å². The topological polar surface area (TPSA) is 72.7 Å². The second-order valence-electron chi connectivity index (χ2n) is 6.51. The lowest BCUT2D eigenvalue weighted by Gasteiger charge is -2.17. The summed E-state index contributed by atoms with van der Waals surface area (Å²) in [7, 11) is 0. The summed E-state index contributed by atoms with van der Waals surface area (Å²) in [5.41, 5.74) is 2.16. The van der Waals surface area contributed by atoms with Gasteiger partial charge in [0.1, 0.15) is 0 Å². The Bertz CT molecular complexity index is 666. The van der Waals surface area contributed by atoms with Crippen molar-refractivity contribution in [1.29, 1.82) is 0 Å². The van der Waals surface area contributed by atoms with Crippen LogP contribution >= 0.6 is 11.8 Å². The van der Waals surface area contributed by atoms with Crippen molar-refractivity contribution in [1.82, 2.24) is 25.5 Å². The van der Waals surface area contributed by atoms with Gasteiger partial charge in [-0.1, -0.05) is 51.6 Å². The Morgan fingerprint density at radius 2 is 1.83 bits per heavy atom. The van der Waals surface area contributed by atoms with Crippen LogP contribution in [0.3, 0.4) is 0 Å². The number of carbonyl (C=O) groups is 1. The number of aromatic nitrogens is 4. The summed E-state index contributed by atoms with van der Waals surface area (Å²) in [4.78, 5) is 12.0. The van der Waals surface area contributed by atoms with E-state index in [1.54, 1.807) is 4.68 Å². The van der Waals surface area contributed by atoms with E-state index in [0.717, 1.165) is 5.69 Å². The summed E-state index contributed by atoms with van der Waals surface area (Å²) < 4.78 is 1.66. The predicted octanol–water partition coefficient (Wildman–Crippen LogP) is 3.04. The minimum atomic E-state index is -0.00842. The maximum absolute atomic E-state index is 12.0. The number of amides is 1. The lowest BCUT2D eigenvalue weighted by Crippen LogP contribution is -2.37. The normalized spacial score (nSPS) is 12.6. The van der Waals surface area contributed by atoms with Crippen molar-refractivity contribution in [3.63, 3.8) is 0 Å². The second-order valence-corrected chi connectivity index (χ2v) is 7.45. The highest BCUT2D eigenvalue weighted by Gasteiger charge is 2.14. The molecule has 7 heteroatoms. The van der Waals surface area contributed by atoms with E-state index in [-0.39, 0.29) is 11.9 Å². The largest absolute Gasteiger partial charge is 0.353 e. The van der Waals surface area contributed by atoms with E-state index in [1.165, 1.54) is 17.3 Å². The molecule has 2 rings (SSSR count). The molecule has 0 aliphatic carbocycles. The smallest absolute Gasteiger partial charge is 0.230 e. The summed E-state index contributed by atoms with van der Waals surface area (Å²) in [5, 5.41) is 15.4. The van der Waals surface area contributed by atoms with Crippen molar-refractivity contribution >= 4 is 17.7 Å². The fraction of sp³-hybridized carbons (Fsp3) is 0.529. The number of nitrogens with one attached hydrogen (secondary N) is 1. The number of hydrogen-bond donors (Lipinski definition) is 1. The van der Waals surface area contributed by atoms with Crippen LogP contribution in [0.5, 0.6) is 0 Å². The number of carbonyl (C=O) groups excluding carboxylic acids is 1. The summed E-state index contributed by atoms with van der Waals surface area (Å²) in [6.45, 7) is 10.5. The van der Waals surface area contributed by atoms with Gasteiger partial charge in [-0.05, 0) is 46.9 Å². The van der Waals surface area contributed by atoms with Crippen LogP contribution in [0.1, 0.15) is 46.1 Å². The molecule has 0 aliphatic heterocycles. The lowest BCUT2D eigenvalue weighted by atomic mass is 10.0. The zero-order chi connectivity index (χ0) is 17.7. The van der Waals surface area contributed by atoms with Gasteiger partial charge in [-0.3, -0.25) is 4.79 Å². The molecule has 1 aromatic carbocycles. The van der Waals surface area contributed by atoms with Gasteiger partial charge in [0.25, 0.3) is 0 Å². The second kappa shape index (κ2) is 8.28. The predicted molar refractivity (Wildman–Crippen MR) is 96.4 cm³/mol. The van der Waals surface area contributed by atoms with Crippen LogP contribution in [0.25, 0.3) is 5.69 Å². The Kier molecular flexibility index (Phi) is 6.36. The van der Waals surface area contributed by atoms with Gasteiger partial charge in [0.2, 0.25) is 11.1 Å². The molecule has 0 bridgehead atoms. The summed E-state index contributed by atoms with van der Waals surface area (Å²) in [6.07, 6.45) is 0. The number of thioether (sulfide) groups is 1. The minimum Gasteiger partial charge on any atom is -0.353 e. The molecule has 0 radical (unpaired) electrons. The Balaban J connectivity index is 2.01. The van der Waals surface area contributed by atoms with Gasteiger partial charge >= 0.3 is 0 Å². The first-order valence-electron chi connectivity index (χ1n) is 8.19. The van der Waals surface area contributed by atoms with E-state index in [9.17, 15) is 4.79 Å². The molecule has 1 aromatic heterocycles. The average molecular weight is 347 g/mol. The summed E-state index contributed by atoms with van der Waals surface area (Å²) in [5.74, 6) is 1.17. The molecule has 0 saturated heterocycles. The van der Waals surface area contributed by atoms with Gasteiger partial charge in [-0.25, -0.2) is 0 Å². The van der Waals surface area contributed by atoms with Gasteiger partial charge in [0.15, 0.2) is 0 Å². The van der Waals surface area contributed by atoms with Crippen LogP contribution in [-0.4, -0.2) is 37.9 Å². The Morgan fingerprint density at radius 3 is 2.42 bits per heavy atom. The van der Waals surface area contributed by atoms with E-state index in [1.807, 2.05) is 19.1 Å². The highest BCUT2D eigenvalue weighted by Crippen LogP contribution is 2.20. The maximum atomic E-state index is 12.0. The van der Waals surface area contributed by atoms with Gasteiger partial charge in [-0.15, -0.1) is 5.10 Å². The van der Waals surface area contributed by atoms with Gasteiger partial charge in [-0.2, -0.15) is 4.68 Å². The molecule has 1 N–H and O–H groups in total. The van der Waals surface area contributed by atoms with Crippen LogP contribution < -0.4 is 5.32 Å². The maximum Gasteiger partial charge on any atom is 0.230 e. The monoisotopic (exact) mass is 347 g/mol. The van der Waals surface area contributed by atoms with Crippen LogP contribution in [0.4, 0.5) is 0 Å². The first kappa shape index (κ1) is 18.4. The Hall–Kier alpha value is -1.89. The van der Waals surface area contributed by atoms with E-state index in [4.69, 9.17) is 0 Å². The molecule has 0 saturated carbocycles. The lowest BCUT2D eigenvalue weighted by molar-refractivity contribution is -0.119. The highest BCUT2D eigenvalue weighted by atomic mass is 32.2. The third kappa shape index (κ3) is 4.80. The van der Waals surface area contributed by atoms with E-state index < -0.39 is 0 Å². The molecule has 1 heterocycles. The van der Waals surface area contributed by atoms with Crippen molar-refractivity contribution in [3.05, 3.63) is 29.8 Å². The number of nitrogens with zero attached hydrogens (tertiary/aromatic N) is 4. The van der Waals surface area contributed by atoms with Crippen LogP contribution in [0.2, 0.25) is 0 Å². The van der Waals surface area contributed by atoms with Gasteiger partial charge in [0, 0.05) is 6.04 Å². The molecule has 0 spiro atoms. The zero-order valence-corrected chi connectivity index (χ0v) is 15.7. The first-order chi connectivity index (χ1) is 11.4. The molecule has 1 amide bonds. The number of rotatable bonds is 7. The number of tetrazole rings is 1. The van der Waals surface area contributed by atoms with Crippen molar-refractivity contribution in [2.45, 2.75) is 51.7 Å². The average Bonchev–Trinajstić information content (AvgIpc) is 3.01. The molecule has 6 nitrogen and oxygen atoms in total. The Morgan fingerprint density at radius 1 is 1.17 bits per heavy atom. The third-order valence-corrected chi connectivity index (χ3v) is 4.89. The SMILES string of the molecule is CC(C)c1ccc(-n2nnnc2SCC(=O)N[C@@H](C)C(C)C)cc1. The zero-order valence-electron chi connectivity index (χ0n) is 14.9. The molecule has 24 heavy (non-hydrogen) atoms. The highest BCUT2D eigenvalue weighted by molar-refractivity contribution is 7.99. The van der Waals surface area contributed by atoms with Gasteiger partial charge in [0.05, 0.1) is 11.4 Å². The molecule has 0 fully saturated rings. The standard InChI is InChI=1S/C17H25N5OS/c1-11(2)13(5)18-16(23)10-24-17-19-20-21-22(17)15-8-6-14(7-9-15)12(3)4/h6-9,11-13H,10H2,1-5H3,(H,18,23)/t13-/m0/s1. The van der Waals surface area contributed by atoms with Crippen molar-refractivity contribution in [2.24, 2.45) is 5.92 Å². The fourth-order valence-corrected chi connectivity index (χ4v) is 2.73. The quantitative estimate of drug-likeness (QED) is 0.779. The van der Waals surface area contributed by atoms with E-state index in [0.29, 0.717) is 22.7 Å². The van der Waals surface area contributed by atoms with Crippen molar-refractivity contribution in [2.75, 3.05) is 5.75 Å². The number of benzene rings is 1. The first-order valence-corrected chi connectivity index (χ1v) is 9.18. The molecule has 0 aliphatic rings. The minimum absolute atomic E-state index is 0.00842. The molecular formula is C17H25N5OS. The summed E-state index contributed by atoms with van der Waals surface area (Å²) in [6, 6.07) is 8.30. The third-order valence-electron chi connectivity index (χ3n) is 3.97. The molecule has 130 valence electrons. The van der Waals surface area contributed by atoms with Crippen LogP contribution in [0, 0.1) is 5.92 Å². The van der Waals surface area contributed by atoms with Crippen LogP contribution in [0.15, 0.2) is 29.4 Å². The number of hydrogen-bond acceptors (Lipinski definition) is 5. The molecule has 2 aromatic rings. The Labute approximate surface area is 147 Å². The summed E-state index contributed by atoms with van der Waals surface area (Å²) >= 11 is 1.34. The molecule has 1 atom stereocenters. The van der Waals surface area contributed by atoms with E-state index >= 15 is 0 Å². The van der Waals surface area contributed by atoms with E-state index in [2.05, 4.69) is 60.7 Å². The van der Waals surface area contributed by atoms with Crippen molar-refractivity contribution in [3.8, 4) is 5.69 Å². The molecule has 0 unspecified atom stereocenters. The van der Waals surface area contributed by atoms with Crippen LogP contribution in [-0.2, 0) is 4.79 Å². The molecular weight excluding hydrogens is 322 g/mol. The fourth-order valence-electron chi connectivity index (χ4n) is 2.02.